The van der Waals surface area contributed by atoms with Crippen LogP contribution in [0.5, 0.6) is 0 Å². The number of amides is 1. The molecular formula is C6H7F3N4O3. The standard InChI is InChI=1S/C6H7F3N4O3/c7-6(8,9)5(16)13(3-4(14)15)2-1-11-12-10/h1-3H2,(H,14,15). The minimum atomic E-state index is -5.15. The topological polar surface area (TPSA) is 106 Å². The van der Waals surface area contributed by atoms with Crippen molar-refractivity contribution >= 4 is 11.9 Å². The predicted octanol–water partition coefficient (Wildman–Crippen LogP) is 0.772. The van der Waals surface area contributed by atoms with Gasteiger partial charge in [-0.25, -0.2) is 0 Å². The second-order valence-corrected chi connectivity index (χ2v) is 2.57. The van der Waals surface area contributed by atoms with Crippen molar-refractivity contribution in [3.05, 3.63) is 10.4 Å². The maximum absolute atomic E-state index is 12.0. The molecule has 0 saturated carbocycles. The number of azide groups is 1. The molecule has 0 fully saturated rings. The number of carboxylic acids is 1. The number of nitrogens with zero attached hydrogens (tertiary/aromatic N) is 4. The highest BCUT2D eigenvalue weighted by atomic mass is 19.4. The number of hydrogen-bond donors (Lipinski definition) is 1. The third-order valence-electron chi connectivity index (χ3n) is 1.39. The molecule has 0 aromatic rings. The zero-order valence-corrected chi connectivity index (χ0v) is 7.81. The number of halogens is 3. The highest BCUT2D eigenvalue weighted by molar-refractivity contribution is 5.85. The molecule has 10 heteroatoms. The molecule has 0 aliphatic rings. The van der Waals surface area contributed by atoms with Crippen molar-refractivity contribution in [2.75, 3.05) is 19.6 Å². The normalized spacial score (nSPS) is 10.4. The van der Waals surface area contributed by atoms with Gasteiger partial charge in [0.2, 0.25) is 0 Å². The zero-order chi connectivity index (χ0) is 12.8. The Balaban J connectivity index is 4.59. The van der Waals surface area contributed by atoms with Gasteiger partial charge in [0.05, 0.1) is 0 Å². The fourth-order valence-electron chi connectivity index (χ4n) is 0.805. The van der Waals surface area contributed by atoms with Gasteiger partial charge in [0.15, 0.2) is 0 Å². The van der Waals surface area contributed by atoms with Crippen LogP contribution in [0.15, 0.2) is 5.11 Å². The first-order chi connectivity index (χ1) is 7.29. The second-order valence-electron chi connectivity index (χ2n) is 2.57. The van der Waals surface area contributed by atoms with E-state index in [4.69, 9.17) is 10.6 Å². The molecule has 0 spiro atoms. The molecule has 1 N–H and O–H groups in total. The Morgan fingerprint density at radius 1 is 1.44 bits per heavy atom. The van der Waals surface area contributed by atoms with Crippen molar-refractivity contribution in [2.45, 2.75) is 6.18 Å². The minimum absolute atomic E-state index is 0.0526. The van der Waals surface area contributed by atoms with E-state index in [0.29, 0.717) is 0 Å². The average Bonchev–Trinajstić information content (AvgIpc) is 2.13. The van der Waals surface area contributed by atoms with Crippen LogP contribution in [0.1, 0.15) is 0 Å². The molecule has 0 aromatic carbocycles. The van der Waals surface area contributed by atoms with Crippen molar-refractivity contribution < 1.29 is 27.9 Å². The highest BCUT2D eigenvalue weighted by Crippen LogP contribution is 2.18. The van der Waals surface area contributed by atoms with Gasteiger partial charge in [0.25, 0.3) is 0 Å². The lowest BCUT2D eigenvalue weighted by atomic mass is 10.4. The summed E-state index contributed by atoms with van der Waals surface area (Å²) in [5.74, 6) is -3.86. The number of alkyl halides is 3. The monoisotopic (exact) mass is 240 g/mol. The third-order valence-corrected chi connectivity index (χ3v) is 1.39. The Labute approximate surface area is 87.1 Å². The molecule has 7 nitrogen and oxygen atoms in total. The van der Waals surface area contributed by atoms with E-state index in [1.807, 2.05) is 0 Å². The molecule has 0 atom stereocenters. The molecule has 1 amide bonds. The van der Waals surface area contributed by atoms with Gasteiger partial charge in [-0.05, 0) is 5.53 Å². The van der Waals surface area contributed by atoms with Crippen LogP contribution < -0.4 is 0 Å². The van der Waals surface area contributed by atoms with E-state index in [1.165, 1.54) is 0 Å². The molecule has 0 saturated heterocycles. The Hall–Kier alpha value is -1.96. The van der Waals surface area contributed by atoms with E-state index in [9.17, 15) is 22.8 Å². The zero-order valence-electron chi connectivity index (χ0n) is 7.81. The lowest BCUT2D eigenvalue weighted by molar-refractivity contribution is -0.186. The SMILES string of the molecule is [N-]=[N+]=NCCN(CC(=O)O)C(=O)C(F)(F)F. The van der Waals surface area contributed by atoms with E-state index in [-0.39, 0.29) is 4.90 Å². The lowest BCUT2D eigenvalue weighted by Gasteiger charge is -2.20. The maximum Gasteiger partial charge on any atom is 0.471 e. The first-order valence-electron chi connectivity index (χ1n) is 3.87. The van der Waals surface area contributed by atoms with Crippen molar-refractivity contribution in [3.8, 4) is 0 Å². The largest absolute Gasteiger partial charge is 0.480 e. The molecule has 0 aromatic heterocycles. The van der Waals surface area contributed by atoms with Crippen molar-refractivity contribution in [2.24, 2.45) is 5.11 Å². The predicted molar refractivity (Wildman–Crippen MR) is 44.3 cm³/mol. The van der Waals surface area contributed by atoms with Crippen LogP contribution in [0, 0.1) is 0 Å². The van der Waals surface area contributed by atoms with Gasteiger partial charge < -0.3 is 10.0 Å². The van der Waals surface area contributed by atoms with Gasteiger partial charge >= 0.3 is 18.1 Å². The van der Waals surface area contributed by atoms with E-state index < -0.39 is 37.7 Å². The first kappa shape index (κ1) is 14.0. The van der Waals surface area contributed by atoms with Gasteiger partial charge in [-0.2, -0.15) is 13.2 Å². The summed E-state index contributed by atoms with van der Waals surface area (Å²) in [6, 6.07) is 0. The van der Waals surface area contributed by atoms with Crippen LogP contribution >= 0.6 is 0 Å². The number of carbonyl (C=O) groups is 2. The summed E-state index contributed by atoms with van der Waals surface area (Å²) in [4.78, 5) is 23.2. The first-order valence-corrected chi connectivity index (χ1v) is 3.87. The lowest BCUT2D eigenvalue weighted by Crippen LogP contribution is -2.44. The molecule has 90 valence electrons. The van der Waals surface area contributed by atoms with E-state index in [2.05, 4.69) is 10.0 Å². The molecular weight excluding hydrogens is 233 g/mol. The number of carboxylic acid groups (broad SMARTS) is 1. The summed E-state index contributed by atoms with van der Waals surface area (Å²) in [7, 11) is 0. The van der Waals surface area contributed by atoms with Crippen molar-refractivity contribution in [3.63, 3.8) is 0 Å². The van der Waals surface area contributed by atoms with E-state index in [1.54, 1.807) is 0 Å². The minimum Gasteiger partial charge on any atom is -0.480 e. The van der Waals surface area contributed by atoms with Crippen molar-refractivity contribution in [1.29, 1.82) is 0 Å². The second kappa shape index (κ2) is 5.81. The molecule has 0 heterocycles. The fraction of sp³-hybridized carbons (Fsp3) is 0.667. The molecule has 0 radical (unpaired) electrons. The average molecular weight is 240 g/mol. The summed E-state index contributed by atoms with van der Waals surface area (Å²) < 4.78 is 35.9. The molecule has 0 bridgehead atoms. The van der Waals surface area contributed by atoms with Crippen LogP contribution in [0.4, 0.5) is 13.2 Å². The fourth-order valence-corrected chi connectivity index (χ4v) is 0.805. The van der Waals surface area contributed by atoms with Crippen molar-refractivity contribution in [1.82, 2.24) is 4.90 Å². The Bertz CT molecular complexity index is 323. The smallest absolute Gasteiger partial charge is 0.471 e. The number of aliphatic carboxylic acids is 1. The third kappa shape index (κ3) is 5.05. The highest BCUT2D eigenvalue weighted by Gasteiger charge is 2.42. The van der Waals surface area contributed by atoms with E-state index in [0.717, 1.165) is 0 Å². The van der Waals surface area contributed by atoms with Crippen LogP contribution in [-0.4, -0.2) is 47.7 Å². The Kier molecular flexibility index (Phi) is 5.10. The van der Waals surface area contributed by atoms with Gasteiger partial charge in [-0.3, -0.25) is 9.59 Å². The van der Waals surface area contributed by atoms with Gasteiger partial charge in [-0.15, -0.1) is 0 Å². The Morgan fingerprint density at radius 2 is 2.00 bits per heavy atom. The molecule has 0 aliphatic heterocycles. The van der Waals surface area contributed by atoms with Crippen LogP contribution in [0.25, 0.3) is 10.4 Å². The summed E-state index contributed by atoms with van der Waals surface area (Å²) >= 11 is 0. The quantitative estimate of drug-likeness (QED) is 0.435. The maximum atomic E-state index is 12.0. The van der Waals surface area contributed by atoms with Crippen LogP contribution in [0.3, 0.4) is 0 Å². The molecule has 0 unspecified atom stereocenters. The summed E-state index contributed by atoms with van der Waals surface area (Å²) in [5, 5.41) is 11.2. The Morgan fingerprint density at radius 3 is 2.38 bits per heavy atom. The summed E-state index contributed by atoms with van der Waals surface area (Å²) in [6.07, 6.45) is -5.15. The molecule has 0 rings (SSSR count). The number of hydrogen-bond acceptors (Lipinski definition) is 3. The number of rotatable bonds is 5. The van der Waals surface area contributed by atoms with E-state index >= 15 is 0 Å². The van der Waals surface area contributed by atoms with Gasteiger partial charge in [0, 0.05) is 18.0 Å². The summed E-state index contributed by atoms with van der Waals surface area (Å²) in [6.45, 7) is -2.13. The molecule has 16 heavy (non-hydrogen) atoms. The van der Waals surface area contributed by atoms with Crippen LogP contribution in [0.2, 0.25) is 0 Å². The van der Waals surface area contributed by atoms with Gasteiger partial charge in [-0.1, -0.05) is 5.11 Å². The molecule has 0 aliphatic carbocycles. The van der Waals surface area contributed by atoms with Gasteiger partial charge in [0.1, 0.15) is 6.54 Å². The summed E-state index contributed by atoms with van der Waals surface area (Å²) in [5.41, 5.74) is 7.88. The van der Waals surface area contributed by atoms with Crippen LogP contribution in [-0.2, 0) is 9.59 Å². The number of carbonyl (C=O) groups excluding carboxylic acids is 1.